The summed E-state index contributed by atoms with van der Waals surface area (Å²) < 4.78 is 3.58. The van der Waals surface area contributed by atoms with Crippen LogP contribution in [0.4, 0.5) is 0 Å². The fraction of sp³-hybridized carbons (Fsp3) is 0.526. The van der Waals surface area contributed by atoms with Gasteiger partial charge in [0.2, 0.25) is 5.91 Å². The molecule has 9 nitrogen and oxygen atoms in total. The van der Waals surface area contributed by atoms with Crippen molar-refractivity contribution in [3.05, 3.63) is 36.4 Å². The van der Waals surface area contributed by atoms with Crippen LogP contribution in [0.1, 0.15) is 37.4 Å². The topological polar surface area (TPSA) is 84.5 Å². The van der Waals surface area contributed by atoms with Crippen molar-refractivity contribution >= 4 is 11.6 Å². The maximum Gasteiger partial charge on any atom is 0.239 e. The van der Waals surface area contributed by atoms with E-state index in [1.165, 1.54) is 0 Å². The molecular formula is C19H24N8O. The first kappa shape index (κ1) is 17.3. The minimum atomic E-state index is 0.0411. The van der Waals surface area contributed by atoms with E-state index in [0.29, 0.717) is 5.92 Å². The molecule has 1 amide bonds. The first-order valence-corrected chi connectivity index (χ1v) is 9.92. The molecule has 0 aliphatic carbocycles. The van der Waals surface area contributed by atoms with Crippen LogP contribution in [0.5, 0.6) is 0 Å². The summed E-state index contributed by atoms with van der Waals surface area (Å²) in [5, 5.41) is 17.7. The van der Waals surface area contributed by atoms with Crippen LogP contribution in [-0.4, -0.2) is 78.0 Å². The van der Waals surface area contributed by atoms with Crippen LogP contribution in [0.25, 0.3) is 11.5 Å². The molecule has 0 bridgehead atoms. The number of carbonyl (C=O) groups is 1. The molecule has 0 N–H and O–H groups in total. The molecular weight excluding hydrogens is 356 g/mol. The molecule has 146 valence electrons. The molecule has 1 unspecified atom stereocenters. The number of carbonyl (C=O) groups excluding carboxylic acids is 1. The van der Waals surface area contributed by atoms with Crippen LogP contribution in [0, 0.1) is 0 Å². The molecule has 2 aliphatic rings. The highest BCUT2D eigenvalue weighted by Gasteiger charge is 2.35. The van der Waals surface area contributed by atoms with Gasteiger partial charge in [0.1, 0.15) is 0 Å². The van der Waals surface area contributed by atoms with Gasteiger partial charge in [0.05, 0.1) is 6.04 Å². The zero-order valence-electron chi connectivity index (χ0n) is 16.0. The van der Waals surface area contributed by atoms with Crippen LogP contribution in [0.15, 0.2) is 30.6 Å². The number of piperidine rings is 2. The molecule has 2 saturated heterocycles. The molecule has 3 aromatic heterocycles. The Hall–Kier alpha value is -2.81. The summed E-state index contributed by atoms with van der Waals surface area (Å²) in [6.45, 7) is 2.69. The summed E-state index contributed by atoms with van der Waals surface area (Å²) in [7, 11) is 1.91. The molecule has 28 heavy (non-hydrogen) atoms. The molecule has 0 radical (unpaired) electrons. The van der Waals surface area contributed by atoms with Crippen molar-refractivity contribution in [2.75, 3.05) is 26.7 Å². The number of likely N-dealkylation sites (N-methyl/N-ethyl adjacent to an activating group) is 1. The highest BCUT2D eigenvalue weighted by molar-refractivity contribution is 5.82. The Balaban J connectivity index is 1.34. The van der Waals surface area contributed by atoms with E-state index in [0.717, 1.165) is 62.6 Å². The van der Waals surface area contributed by atoms with Crippen molar-refractivity contribution in [2.45, 2.75) is 37.6 Å². The van der Waals surface area contributed by atoms with Gasteiger partial charge in [-0.15, -0.1) is 15.3 Å². The van der Waals surface area contributed by atoms with Crippen LogP contribution < -0.4 is 0 Å². The van der Waals surface area contributed by atoms with Gasteiger partial charge in [-0.2, -0.15) is 9.61 Å². The smallest absolute Gasteiger partial charge is 0.239 e. The number of amides is 1. The van der Waals surface area contributed by atoms with Crippen LogP contribution >= 0.6 is 0 Å². The second-order valence-corrected chi connectivity index (χ2v) is 7.70. The Morgan fingerprint density at radius 3 is 2.71 bits per heavy atom. The summed E-state index contributed by atoms with van der Waals surface area (Å²) in [6, 6.07) is 5.73. The number of likely N-dealkylation sites (tertiary alicyclic amines) is 2. The Bertz CT molecular complexity index is 973. The largest absolute Gasteiger partial charge is 0.344 e. The molecule has 0 aromatic carbocycles. The normalized spacial score (nSPS) is 22.2. The van der Waals surface area contributed by atoms with E-state index < -0.39 is 0 Å². The Morgan fingerprint density at radius 2 is 1.93 bits per heavy atom. The van der Waals surface area contributed by atoms with Crippen molar-refractivity contribution in [3.8, 4) is 5.82 Å². The summed E-state index contributed by atoms with van der Waals surface area (Å²) in [5.41, 5.74) is 0.748. The number of aromatic nitrogens is 6. The predicted molar refractivity (Wildman–Crippen MR) is 102 cm³/mol. The van der Waals surface area contributed by atoms with E-state index in [4.69, 9.17) is 5.10 Å². The Kier molecular flexibility index (Phi) is 4.31. The minimum absolute atomic E-state index is 0.0411. The van der Waals surface area contributed by atoms with Crippen LogP contribution in [-0.2, 0) is 4.79 Å². The molecule has 3 aromatic rings. The first-order chi connectivity index (χ1) is 13.7. The average Bonchev–Trinajstić information content (AvgIpc) is 3.40. The zero-order chi connectivity index (χ0) is 19.1. The van der Waals surface area contributed by atoms with Crippen molar-refractivity contribution in [1.82, 2.24) is 39.4 Å². The molecule has 0 spiro atoms. The summed E-state index contributed by atoms with van der Waals surface area (Å²) in [6.07, 6.45) is 7.58. The molecule has 9 heteroatoms. The lowest BCUT2D eigenvalue weighted by Crippen LogP contribution is -2.53. The third-order valence-corrected chi connectivity index (χ3v) is 5.98. The van der Waals surface area contributed by atoms with Crippen LogP contribution in [0.2, 0.25) is 0 Å². The minimum Gasteiger partial charge on any atom is -0.344 e. The van der Waals surface area contributed by atoms with E-state index in [2.05, 4.69) is 20.2 Å². The number of hydrogen-bond donors (Lipinski definition) is 0. The number of nitrogens with zero attached hydrogens (tertiary/aromatic N) is 8. The highest BCUT2D eigenvalue weighted by Crippen LogP contribution is 2.29. The van der Waals surface area contributed by atoms with E-state index in [-0.39, 0.29) is 11.9 Å². The Morgan fingerprint density at radius 1 is 1.07 bits per heavy atom. The maximum absolute atomic E-state index is 12.5. The molecule has 2 fully saturated rings. The van der Waals surface area contributed by atoms with Gasteiger partial charge >= 0.3 is 0 Å². The molecule has 2 aliphatic heterocycles. The quantitative estimate of drug-likeness (QED) is 0.677. The van der Waals surface area contributed by atoms with Gasteiger partial charge in [-0.05, 0) is 57.0 Å². The number of fused-ring (bicyclic) bond motifs is 1. The van der Waals surface area contributed by atoms with Crippen molar-refractivity contribution in [1.29, 1.82) is 0 Å². The van der Waals surface area contributed by atoms with E-state index in [1.54, 1.807) is 10.9 Å². The van der Waals surface area contributed by atoms with Crippen LogP contribution in [0.3, 0.4) is 0 Å². The standard InChI is InChI=1S/C19H24N8O/c1-24-10-2-4-15(19(24)28)25-12-7-14(8-13-25)18-22-21-16-5-6-17(23-27(16)18)26-11-3-9-20-26/h3,5-6,9,11,14-15H,2,4,7-8,10,12-13H2,1H3. The summed E-state index contributed by atoms with van der Waals surface area (Å²) in [5.74, 6) is 2.20. The molecule has 5 heterocycles. The van der Waals surface area contributed by atoms with E-state index in [9.17, 15) is 4.79 Å². The number of rotatable bonds is 3. The SMILES string of the molecule is CN1CCCC(N2CCC(c3nnc4ccc(-n5cccn5)nn34)CC2)C1=O. The van der Waals surface area contributed by atoms with Gasteiger partial charge in [-0.3, -0.25) is 9.69 Å². The third-order valence-electron chi connectivity index (χ3n) is 5.98. The summed E-state index contributed by atoms with van der Waals surface area (Å²) in [4.78, 5) is 16.7. The average molecular weight is 380 g/mol. The lowest BCUT2D eigenvalue weighted by molar-refractivity contribution is -0.139. The fourth-order valence-corrected chi connectivity index (χ4v) is 4.39. The third kappa shape index (κ3) is 2.95. The highest BCUT2D eigenvalue weighted by atomic mass is 16.2. The van der Waals surface area contributed by atoms with Gasteiger partial charge in [-0.1, -0.05) is 0 Å². The van der Waals surface area contributed by atoms with Gasteiger partial charge in [0.25, 0.3) is 0 Å². The Labute approximate surface area is 162 Å². The van der Waals surface area contributed by atoms with Crippen molar-refractivity contribution in [2.24, 2.45) is 0 Å². The summed E-state index contributed by atoms with van der Waals surface area (Å²) >= 11 is 0. The van der Waals surface area contributed by atoms with Gasteiger partial charge in [0.15, 0.2) is 17.3 Å². The molecule has 0 saturated carbocycles. The van der Waals surface area contributed by atoms with Gasteiger partial charge in [0, 0.05) is 31.9 Å². The second kappa shape index (κ2) is 6.97. The van der Waals surface area contributed by atoms with E-state index >= 15 is 0 Å². The lowest BCUT2D eigenvalue weighted by atomic mass is 9.93. The monoisotopic (exact) mass is 380 g/mol. The maximum atomic E-state index is 12.5. The van der Waals surface area contributed by atoms with E-state index in [1.807, 2.05) is 40.9 Å². The molecule has 5 rings (SSSR count). The lowest BCUT2D eigenvalue weighted by Gasteiger charge is -2.40. The first-order valence-electron chi connectivity index (χ1n) is 9.92. The second-order valence-electron chi connectivity index (χ2n) is 7.70. The predicted octanol–water partition coefficient (Wildman–Crippen LogP) is 1.11. The van der Waals surface area contributed by atoms with Crippen molar-refractivity contribution in [3.63, 3.8) is 0 Å². The fourth-order valence-electron chi connectivity index (χ4n) is 4.39. The van der Waals surface area contributed by atoms with Gasteiger partial charge in [-0.25, -0.2) is 4.68 Å². The van der Waals surface area contributed by atoms with Gasteiger partial charge < -0.3 is 4.90 Å². The molecule has 1 atom stereocenters. The van der Waals surface area contributed by atoms with Crippen molar-refractivity contribution < 1.29 is 4.79 Å². The zero-order valence-corrected chi connectivity index (χ0v) is 16.0. The number of hydrogen-bond acceptors (Lipinski definition) is 6.